The molecule has 0 saturated heterocycles. The van der Waals surface area contributed by atoms with E-state index in [0.717, 1.165) is 5.82 Å². The molecular weight excluding hydrogens is 480 g/mol. The summed E-state index contributed by atoms with van der Waals surface area (Å²) in [5.74, 6) is -0.487. The number of nitrogen functional groups attached to an aromatic ring is 1. The number of nitrogens with one attached hydrogen (secondary N) is 2. The van der Waals surface area contributed by atoms with Crippen LogP contribution in [0.1, 0.15) is 35.6 Å². The number of amidine groups is 1. The zero-order valence-electron chi connectivity index (χ0n) is 20.0. The molecule has 13 heteroatoms. The predicted octanol–water partition coefficient (Wildman–Crippen LogP) is 3.47. The molecule has 0 atom stereocenters. The summed E-state index contributed by atoms with van der Waals surface area (Å²) in [4.78, 5) is 36.5. The normalized spacial score (nSPS) is 10.8. The number of carbonyl (C=O) groups excluding carboxylic acids is 1. The minimum Gasteiger partial charge on any atom is -0.478 e. The number of aryl methyl sites for hydroxylation is 2. The van der Waals surface area contributed by atoms with Crippen molar-refractivity contribution in [3.63, 3.8) is 0 Å². The van der Waals surface area contributed by atoms with Crippen molar-refractivity contribution >= 4 is 34.7 Å². The first-order chi connectivity index (χ1) is 17.7. The summed E-state index contributed by atoms with van der Waals surface area (Å²) in [6.45, 7) is 4.43. The monoisotopic (exact) mass is 504 g/mol. The number of carbonyl (C=O) groups is 2. The summed E-state index contributed by atoms with van der Waals surface area (Å²) >= 11 is 0. The number of aromatic carboxylic acids is 1. The van der Waals surface area contributed by atoms with Crippen LogP contribution in [-0.4, -0.2) is 42.5 Å². The molecule has 2 aromatic carbocycles. The van der Waals surface area contributed by atoms with Gasteiger partial charge in [0.05, 0.1) is 0 Å². The van der Waals surface area contributed by atoms with Gasteiger partial charge in [-0.05, 0) is 31.2 Å². The van der Waals surface area contributed by atoms with Crippen LogP contribution >= 0.6 is 0 Å². The Morgan fingerprint density at radius 3 is 2.51 bits per heavy atom. The molecule has 0 radical (unpaired) electrons. The van der Waals surface area contributed by atoms with Crippen LogP contribution in [0.15, 0.2) is 42.5 Å². The Balaban J connectivity index is 1.84. The molecule has 0 unspecified atom stereocenters. The van der Waals surface area contributed by atoms with Crippen molar-refractivity contribution in [2.24, 2.45) is 11.5 Å². The Kier molecular flexibility index (Phi) is 6.86. The summed E-state index contributed by atoms with van der Waals surface area (Å²) in [6.07, 6.45) is 0.613. The molecule has 7 N–H and O–H groups in total. The van der Waals surface area contributed by atoms with Crippen LogP contribution in [0.3, 0.4) is 0 Å². The molecule has 0 aliphatic rings. The summed E-state index contributed by atoms with van der Waals surface area (Å²) in [7, 11) is 0. The molecular formula is C24H24N8O5. The number of nitrogens with two attached hydrogens (primary N) is 2. The lowest BCUT2D eigenvalue weighted by Crippen LogP contribution is -2.19. The van der Waals surface area contributed by atoms with Crippen LogP contribution in [0.5, 0.6) is 23.4 Å². The zero-order chi connectivity index (χ0) is 26.7. The first kappa shape index (κ1) is 24.9. The second kappa shape index (κ2) is 10.2. The van der Waals surface area contributed by atoms with Gasteiger partial charge in [-0.3, -0.25) is 5.41 Å². The number of imidazole rings is 1. The van der Waals surface area contributed by atoms with Crippen LogP contribution in [0.2, 0.25) is 0 Å². The highest BCUT2D eigenvalue weighted by molar-refractivity contribution is 5.98. The Bertz CT molecular complexity index is 1530. The van der Waals surface area contributed by atoms with Crippen molar-refractivity contribution in [3.8, 4) is 23.4 Å². The van der Waals surface area contributed by atoms with Crippen molar-refractivity contribution in [2.75, 3.05) is 5.32 Å². The van der Waals surface area contributed by atoms with Gasteiger partial charge in [0.15, 0.2) is 11.2 Å². The number of fused-ring (bicyclic) bond motifs is 1. The largest absolute Gasteiger partial charge is 0.478 e. The molecule has 0 aliphatic carbocycles. The lowest BCUT2D eigenvalue weighted by atomic mass is 10.1. The standard InChI is InChI=1S/C24H24N8O5/c1-3-17-29-18-20(32(17)4-2)30-24(37-16-10-12(19(25)26)8-9-15(16)22(33)34)31-21(18)36-14-7-5-6-13(11-14)28-23(27)35/h5-11H,3-4H2,1-2H3,(H3,25,26)(H,33,34)(H3,27,28,35). The van der Waals surface area contributed by atoms with Gasteiger partial charge in [0.2, 0.25) is 0 Å². The smallest absolute Gasteiger partial charge is 0.339 e. The molecule has 190 valence electrons. The molecule has 0 spiro atoms. The number of hydrogen-bond acceptors (Lipinski definition) is 8. The van der Waals surface area contributed by atoms with Crippen molar-refractivity contribution in [3.05, 3.63) is 59.4 Å². The van der Waals surface area contributed by atoms with E-state index < -0.39 is 12.0 Å². The Hall–Kier alpha value is -5.20. The summed E-state index contributed by atoms with van der Waals surface area (Å²) in [6, 6.07) is 9.59. The van der Waals surface area contributed by atoms with E-state index in [9.17, 15) is 14.7 Å². The van der Waals surface area contributed by atoms with Crippen LogP contribution in [0.4, 0.5) is 10.5 Å². The van der Waals surface area contributed by atoms with Crippen molar-refractivity contribution < 1.29 is 24.2 Å². The highest BCUT2D eigenvalue weighted by Crippen LogP contribution is 2.33. The Morgan fingerprint density at radius 2 is 1.86 bits per heavy atom. The maximum Gasteiger partial charge on any atom is 0.339 e. The number of hydrogen-bond donors (Lipinski definition) is 5. The fourth-order valence-electron chi connectivity index (χ4n) is 3.66. The van der Waals surface area contributed by atoms with Crippen LogP contribution in [0.25, 0.3) is 11.2 Å². The minimum absolute atomic E-state index is 0.0534. The number of carboxylic acids is 1. The number of aromatic nitrogens is 4. The van der Waals surface area contributed by atoms with Gasteiger partial charge in [-0.15, -0.1) is 0 Å². The molecule has 0 aliphatic heterocycles. The molecule has 4 rings (SSSR count). The number of amides is 2. The second-order valence-electron chi connectivity index (χ2n) is 7.76. The molecule has 13 nitrogen and oxygen atoms in total. The van der Waals surface area contributed by atoms with E-state index in [2.05, 4.69) is 20.3 Å². The molecule has 0 bridgehead atoms. The predicted molar refractivity (Wildman–Crippen MR) is 135 cm³/mol. The number of primary amides is 1. The van der Waals surface area contributed by atoms with Gasteiger partial charge in [0.25, 0.3) is 5.88 Å². The SMILES string of the molecule is CCc1nc2c(Oc3cccc(NC(N)=O)c3)nc(Oc3cc(C(=N)N)ccc3C(=O)O)nc2n1CC. The molecule has 2 amide bonds. The molecule has 0 fully saturated rings. The Morgan fingerprint density at radius 1 is 1.08 bits per heavy atom. The van der Waals surface area contributed by atoms with Crippen molar-refractivity contribution in [2.45, 2.75) is 26.8 Å². The van der Waals surface area contributed by atoms with E-state index in [1.54, 1.807) is 24.3 Å². The fourth-order valence-corrected chi connectivity index (χ4v) is 3.66. The summed E-state index contributed by atoms with van der Waals surface area (Å²) in [5, 5.41) is 19.8. The van der Waals surface area contributed by atoms with Crippen molar-refractivity contribution in [1.29, 1.82) is 5.41 Å². The third kappa shape index (κ3) is 5.24. The second-order valence-corrected chi connectivity index (χ2v) is 7.76. The minimum atomic E-state index is -1.24. The number of carboxylic acid groups (broad SMARTS) is 1. The third-order valence-electron chi connectivity index (χ3n) is 5.29. The molecule has 0 saturated carbocycles. The van der Waals surface area contributed by atoms with Crippen LogP contribution < -0.4 is 26.3 Å². The zero-order valence-corrected chi connectivity index (χ0v) is 20.0. The highest BCUT2D eigenvalue weighted by atomic mass is 16.5. The summed E-state index contributed by atoms with van der Waals surface area (Å²) in [5.41, 5.74) is 12.1. The summed E-state index contributed by atoms with van der Waals surface area (Å²) < 4.78 is 13.7. The molecule has 4 aromatic rings. The Labute approximate surface area is 210 Å². The molecule has 37 heavy (non-hydrogen) atoms. The molecule has 2 heterocycles. The van der Waals surface area contributed by atoms with Gasteiger partial charge in [-0.1, -0.05) is 19.1 Å². The maximum atomic E-state index is 11.8. The van der Waals surface area contributed by atoms with Crippen LogP contribution in [0, 0.1) is 5.41 Å². The number of urea groups is 1. The van der Waals surface area contributed by atoms with Gasteiger partial charge in [-0.2, -0.15) is 9.97 Å². The van der Waals surface area contributed by atoms with E-state index in [-0.39, 0.29) is 34.6 Å². The maximum absolute atomic E-state index is 11.8. The number of benzene rings is 2. The number of ether oxygens (including phenoxy) is 2. The van der Waals surface area contributed by atoms with Crippen LogP contribution in [-0.2, 0) is 13.0 Å². The fraction of sp³-hybridized carbons (Fsp3) is 0.167. The first-order valence-electron chi connectivity index (χ1n) is 11.2. The van der Waals surface area contributed by atoms with Gasteiger partial charge in [0.1, 0.15) is 28.7 Å². The third-order valence-corrected chi connectivity index (χ3v) is 5.29. The van der Waals surface area contributed by atoms with Gasteiger partial charge >= 0.3 is 18.0 Å². The first-order valence-corrected chi connectivity index (χ1v) is 11.2. The lowest BCUT2D eigenvalue weighted by molar-refractivity contribution is 0.0694. The van der Waals surface area contributed by atoms with E-state index in [1.165, 1.54) is 18.2 Å². The van der Waals surface area contributed by atoms with Gasteiger partial charge < -0.3 is 35.9 Å². The van der Waals surface area contributed by atoms with E-state index in [0.29, 0.717) is 35.6 Å². The topological polar surface area (TPSA) is 204 Å². The average molecular weight is 505 g/mol. The van der Waals surface area contributed by atoms with Gasteiger partial charge in [0, 0.05) is 30.3 Å². The number of rotatable bonds is 9. The average Bonchev–Trinajstić information content (AvgIpc) is 3.21. The number of anilines is 1. The number of nitrogens with zero attached hydrogens (tertiary/aromatic N) is 4. The quantitative estimate of drug-likeness (QED) is 0.167. The lowest BCUT2D eigenvalue weighted by Gasteiger charge is -2.12. The van der Waals surface area contributed by atoms with E-state index in [4.69, 9.17) is 26.4 Å². The molecule has 2 aromatic heterocycles. The van der Waals surface area contributed by atoms with E-state index in [1.807, 2.05) is 18.4 Å². The van der Waals surface area contributed by atoms with Crippen molar-refractivity contribution in [1.82, 2.24) is 19.5 Å². The highest BCUT2D eigenvalue weighted by Gasteiger charge is 2.21. The van der Waals surface area contributed by atoms with Gasteiger partial charge in [-0.25, -0.2) is 14.6 Å². The van der Waals surface area contributed by atoms with E-state index >= 15 is 0 Å².